The minimum atomic E-state index is -4.36. The van der Waals surface area contributed by atoms with E-state index in [4.69, 9.17) is 9.47 Å². The molecule has 0 saturated heterocycles. The Morgan fingerprint density at radius 2 is 1.50 bits per heavy atom. The zero-order valence-corrected chi connectivity index (χ0v) is 9.04. The van der Waals surface area contributed by atoms with Gasteiger partial charge in [-0.1, -0.05) is 30.3 Å². The summed E-state index contributed by atoms with van der Waals surface area (Å²) in [5.41, 5.74) is 0.345. The molecule has 2 nitrogen and oxygen atoms in total. The van der Waals surface area contributed by atoms with Crippen LogP contribution in [0.1, 0.15) is 12.0 Å². The number of benzene rings is 1. The molecule has 0 aliphatic carbocycles. The van der Waals surface area contributed by atoms with Crippen LogP contribution >= 0.6 is 0 Å². The van der Waals surface area contributed by atoms with E-state index in [0.717, 1.165) is 0 Å². The molecule has 1 rings (SSSR count). The largest absolute Gasteiger partial charge is 0.394 e. The third kappa shape index (κ3) is 2.96. The van der Waals surface area contributed by atoms with Crippen LogP contribution in [-0.2, 0) is 15.3 Å². The molecule has 1 aromatic rings. The predicted molar refractivity (Wildman–Crippen MR) is 52.8 cm³/mol. The molecule has 0 radical (unpaired) electrons. The molecule has 0 aliphatic heterocycles. The first-order chi connectivity index (χ1) is 7.43. The lowest BCUT2D eigenvalue weighted by Gasteiger charge is -2.32. The van der Waals surface area contributed by atoms with E-state index < -0.39 is 18.4 Å². The molecule has 0 N–H and O–H groups in total. The maximum absolute atomic E-state index is 12.5. The van der Waals surface area contributed by atoms with Crippen LogP contribution in [0.25, 0.3) is 0 Å². The summed E-state index contributed by atoms with van der Waals surface area (Å²) in [7, 11) is 2.39. The predicted octanol–water partition coefficient (Wildman–Crippen LogP) is 3.08. The van der Waals surface area contributed by atoms with Crippen molar-refractivity contribution in [1.29, 1.82) is 0 Å². The summed E-state index contributed by atoms with van der Waals surface area (Å²) in [4.78, 5) is 0. The molecule has 0 saturated carbocycles. The lowest BCUT2D eigenvalue weighted by Crippen LogP contribution is -2.36. The van der Waals surface area contributed by atoms with Gasteiger partial charge in [-0.3, -0.25) is 0 Å². The second-order valence-electron chi connectivity index (χ2n) is 3.32. The van der Waals surface area contributed by atoms with Crippen LogP contribution in [0.15, 0.2) is 30.3 Å². The summed E-state index contributed by atoms with van der Waals surface area (Å²) in [5.74, 6) is -1.76. The average Bonchev–Trinajstić information content (AvgIpc) is 2.26. The first-order valence-corrected chi connectivity index (χ1v) is 4.66. The molecule has 0 spiro atoms. The first-order valence-electron chi connectivity index (χ1n) is 4.66. The van der Waals surface area contributed by atoms with E-state index in [1.54, 1.807) is 30.3 Å². The van der Waals surface area contributed by atoms with E-state index in [-0.39, 0.29) is 0 Å². The van der Waals surface area contributed by atoms with Gasteiger partial charge in [0.05, 0.1) is 0 Å². The molecule has 5 heteroatoms. The summed E-state index contributed by atoms with van der Waals surface area (Å²) in [5, 5.41) is 0. The van der Waals surface area contributed by atoms with Crippen molar-refractivity contribution >= 4 is 0 Å². The zero-order chi connectivity index (χ0) is 12.2. The second-order valence-corrected chi connectivity index (χ2v) is 3.32. The molecule has 16 heavy (non-hydrogen) atoms. The van der Waals surface area contributed by atoms with Gasteiger partial charge in [-0.2, -0.15) is 13.2 Å². The SMILES string of the molecule is COC(CC(F)(F)F)(OC)c1ccccc1. The third-order valence-electron chi connectivity index (χ3n) is 2.31. The lowest BCUT2D eigenvalue weighted by atomic mass is 10.0. The van der Waals surface area contributed by atoms with Gasteiger partial charge in [0.2, 0.25) is 5.79 Å². The molecule has 0 fully saturated rings. The summed E-state index contributed by atoms with van der Waals surface area (Å²) in [6, 6.07) is 8.07. The maximum Gasteiger partial charge on any atom is 0.394 e. The van der Waals surface area contributed by atoms with Crippen LogP contribution in [0.5, 0.6) is 0 Å². The summed E-state index contributed by atoms with van der Waals surface area (Å²) in [6.07, 6.45) is -5.54. The van der Waals surface area contributed by atoms with Gasteiger partial charge >= 0.3 is 6.18 Å². The number of ether oxygens (including phenoxy) is 2. The number of hydrogen-bond donors (Lipinski definition) is 0. The normalized spacial score (nSPS) is 12.8. The highest BCUT2D eigenvalue weighted by molar-refractivity contribution is 5.20. The van der Waals surface area contributed by atoms with Crippen molar-refractivity contribution in [2.45, 2.75) is 18.4 Å². The average molecular weight is 234 g/mol. The molecule has 0 aromatic heterocycles. The number of halogens is 3. The Balaban J connectivity index is 3.06. The highest BCUT2D eigenvalue weighted by Gasteiger charge is 2.44. The Morgan fingerprint density at radius 3 is 1.88 bits per heavy atom. The van der Waals surface area contributed by atoms with E-state index in [2.05, 4.69) is 0 Å². The lowest BCUT2D eigenvalue weighted by molar-refractivity contribution is -0.277. The number of rotatable bonds is 4. The van der Waals surface area contributed by atoms with Gasteiger partial charge in [-0.15, -0.1) is 0 Å². The Labute approximate surface area is 92.0 Å². The monoisotopic (exact) mass is 234 g/mol. The van der Waals surface area contributed by atoms with Crippen molar-refractivity contribution in [2.24, 2.45) is 0 Å². The van der Waals surface area contributed by atoms with Crippen LogP contribution < -0.4 is 0 Å². The maximum atomic E-state index is 12.5. The second kappa shape index (κ2) is 4.84. The van der Waals surface area contributed by atoms with Crippen molar-refractivity contribution in [3.63, 3.8) is 0 Å². The molecule has 0 atom stereocenters. The smallest absolute Gasteiger partial charge is 0.349 e. The van der Waals surface area contributed by atoms with E-state index in [0.29, 0.717) is 5.56 Å². The van der Waals surface area contributed by atoms with E-state index >= 15 is 0 Å². The standard InChI is InChI=1S/C11H13F3O2/c1-15-10(16-2,8-11(12,13)14)9-6-4-3-5-7-9/h3-7H,8H2,1-2H3. The fourth-order valence-electron chi connectivity index (χ4n) is 1.52. The molecule has 0 unspecified atom stereocenters. The minimum absolute atomic E-state index is 0.345. The molecule has 0 heterocycles. The number of methoxy groups -OCH3 is 2. The quantitative estimate of drug-likeness (QED) is 0.745. The van der Waals surface area contributed by atoms with Gasteiger partial charge in [0.1, 0.15) is 6.42 Å². The first kappa shape index (κ1) is 13.0. The van der Waals surface area contributed by atoms with Crippen LogP contribution in [0.3, 0.4) is 0 Å². The van der Waals surface area contributed by atoms with E-state index in [1.807, 2.05) is 0 Å². The van der Waals surface area contributed by atoms with Crippen molar-refractivity contribution in [3.8, 4) is 0 Å². The van der Waals surface area contributed by atoms with Crippen molar-refractivity contribution < 1.29 is 22.6 Å². The number of hydrogen-bond acceptors (Lipinski definition) is 2. The van der Waals surface area contributed by atoms with Gasteiger partial charge in [0.25, 0.3) is 0 Å². The molecule has 0 aliphatic rings. The summed E-state index contributed by atoms with van der Waals surface area (Å²) in [6.45, 7) is 0. The van der Waals surface area contributed by atoms with Crippen molar-refractivity contribution in [1.82, 2.24) is 0 Å². The van der Waals surface area contributed by atoms with Crippen molar-refractivity contribution in [3.05, 3.63) is 35.9 Å². The fraction of sp³-hybridized carbons (Fsp3) is 0.455. The molecule has 1 aromatic carbocycles. The van der Waals surface area contributed by atoms with E-state index in [9.17, 15) is 13.2 Å². The third-order valence-corrected chi connectivity index (χ3v) is 2.31. The Hall–Kier alpha value is -1.07. The molecule has 0 amide bonds. The fourth-order valence-corrected chi connectivity index (χ4v) is 1.52. The van der Waals surface area contributed by atoms with Gasteiger partial charge < -0.3 is 9.47 Å². The van der Waals surface area contributed by atoms with Crippen LogP contribution in [0, 0.1) is 0 Å². The minimum Gasteiger partial charge on any atom is -0.349 e. The Morgan fingerprint density at radius 1 is 1.00 bits per heavy atom. The molecular weight excluding hydrogens is 221 g/mol. The van der Waals surface area contributed by atoms with Gasteiger partial charge in [-0.25, -0.2) is 0 Å². The van der Waals surface area contributed by atoms with Gasteiger partial charge in [0, 0.05) is 19.8 Å². The van der Waals surface area contributed by atoms with Crippen LogP contribution in [0.4, 0.5) is 13.2 Å². The zero-order valence-electron chi connectivity index (χ0n) is 9.04. The summed E-state index contributed by atoms with van der Waals surface area (Å²) < 4.78 is 47.2. The summed E-state index contributed by atoms with van der Waals surface area (Å²) >= 11 is 0. The van der Waals surface area contributed by atoms with E-state index in [1.165, 1.54) is 14.2 Å². The Bertz CT molecular complexity index is 318. The highest BCUT2D eigenvalue weighted by atomic mass is 19.4. The number of alkyl halides is 3. The topological polar surface area (TPSA) is 18.5 Å². The molecular formula is C11H13F3O2. The van der Waals surface area contributed by atoms with Crippen LogP contribution in [-0.4, -0.2) is 20.4 Å². The van der Waals surface area contributed by atoms with Crippen LogP contribution in [0.2, 0.25) is 0 Å². The van der Waals surface area contributed by atoms with Gasteiger partial charge in [0.15, 0.2) is 0 Å². The molecule has 90 valence electrons. The van der Waals surface area contributed by atoms with Crippen molar-refractivity contribution in [2.75, 3.05) is 14.2 Å². The highest BCUT2D eigenvalue weighted by Crippen LogP contribution is 2.37. The van der Waals surface area contributed by atoms with Gasteiger partial charge in [-0.05, 0) is 0 Å². The molecule has 0 bridgehead atoms. The Kier molecular flexibility index (Phi) is 3.93.